The lowest BCUT2D eigenvalue weighted by Gasteiger charge is -2.25. The summed E-state index contributed by atoms with van der Waals surface area (Å²) in [6.07, 6.45) is 4.70. The summed E-state index contributed by atoms with van der Waals surface area (Å²) in [5, 5.41) is 26.7. The second-order valence-electron chi connectivity index (χ2n) is 8.80. The lowest BCUT2D eigenvalue weighted by atomic mass is 10.1. The van der Waals surface area contributed by atoms with Crippen molar-refractivity contribution < 1.29 is 29.4 Å². The van der Waals surface area contributed by atoms with Crippen LogP contribution in [0.15, 0.2) is 30.0 Å². The van der Waals surface area contributed by atoms with Gasteiger partial charge in [0.15, 0.2) is 5.96 Å². The average molecular weight is 550 g/mol. The number of nitrogens with two attached hydrogens (primary N) is 3. The molecule has 214 valence electrons. The van der Waals surface area contributed by atoms with E-state index in [-0.39, 0.29) is 38.2 Å². The second kappa shape index (κ2) is 15.0. The molecule has 3 amide bonds. The van der Waals surface area contributed by atoms with E-state index in [4.69, 9.17) is 17.2 Å². The SMILES string of the molecule is CC(O)C(N)C(=O)NC(Cc1cnc[nH]1)C(=O)NC(Cc1cnc[nH]1)C(=O)NC(CCCN=C(N)N)C(=O)O. The normalized spacial score (nSPS) is 14.7. The fraction of sp³-hybridized carbons (Fsp3) is 0.500. The number of imidazole rings is 2. The lowest BCUT2D eigenvalue weighted by molar-refractivity contribution is -0.142. The molecule has 2 rings (SSSR count). The molecule has 0 radical (unpaired) electrons. The highest BCUT2D eigenvalue weighted by molar-refractivity contribution is 5.94. The number of carbonyl (C=O) groups is 4. The Labute approximate surface area is 223 Å². The highest BCUT2D eigenvalue weighted by atomic mass is 16.4. The number of carboxylic acid groups (broad SMARTS) is 1. The van der Waals surface area contributed by atoms with Gasteiger partial charge in [-0.2, -0.15) is 0 Å². The number of rotatable bonds is 16. The zero-order valence-corrected chi connectivity index (χ0v) is 21.3. The summed E-state index contributed by atoms with van der Waals surface area (Å²) in [6, 6.07) is -5.04. The number of carbonyl (C=O) groups excluding carboxylic acids is 3. The first-order valence-electron chi connectivity index (χ1n) is 12.0. The summed E-state index contributed by atoms with van der Waals surface area (Å²) >= 11 is 0. The van der Waals surface area contributed by atoms with Gasteiger partial charge in [0.1, 0.15) is 24.2 Å². The van der Waals surface area contributed by atoms with Crippen LogP contribution in [0.3, 0.4) is 0 Å². The van der Waals surface area contributed by atoms with Crippen molar-refractivity contribution >= 4 is 29.7 Å². The van der Waals surface area contributed by atoms with E-state index in [0.717, 1.165) is 0 Å². The van der Waals surface area contributed by atoms with Crippen molar-refractivity contribution in [1.29, 1.82) is 0 Å². The molecule has 2 heterocycles. The van der Waals surface area contributed by atoms with Gasteiger partial charge in [0.2, 0.25) is 17.7 Å². The molecule has 17 nitrogen and oxygen atoms in total. The van der Waals surface area contributed by atoms with E-state index in [2.05, 4.69) is 40.9 Å². The highest BCUT2D eigenvalue weighted by Crippen LogP contribution is 2.06. The van der Waals surface area contributed by atoms with Gasteiger partial charge in [0.05, 0.1) is 18.8 Å². The molecular weight excluding hydrogens is 514 g/mol. The number of aliphatic hydroxyl groups is 1. The fourth-order valence-corrected chi connectivity index (χ4v) is 3.44. The number of hydrogen-bond acceptors (Lipinski definition) is 9. The smallest absolute Gasteiger partial charge is 0.326 e. The Hall–Kier alpha value is -4.51. The Bertz CT molecular complexity index is 1100. The Morgan fingerprint density at radius 3 is 1.82 bits per heavy atom. The number of aromatic nitrogens is 4. The summed E-state index contributed by atoms with van der Waals surface area (Å²) < 4.78 is 0. The lowest BCUT2D eigenvalue weighted by Crippen LogP contribution is -2.59. The zero-order valence-electron chi connectivity index (χ0n) is 21.3. The molecule has 0 aliphatic heterocycles. The number of nitrogens with zero attached hydrogens (tertiary/aromatic N) is 3. The minimum absolute atomic E-state index is 0.0261. The third-order valence-electron chi connectivity index (χ3n) is 5.61. The summed E-state index contributed by atoms with van der Waals surface area (Å²) in [4.78, 5) is 68.0. The van der Waals surface area contributed by atoms with Crippen LogP contribution in [-0.4, -0.2) is 96.6 Å². The van der Waals surface area contributed by atoms with Gasteiger partial charge < -0.3 is 53.3 Å². The maximum atomic E-state index is 13.3. The van der Waals surface area contributed by atoms with Gasteiger partial charge in [0.25, 0.3) is 0 Å². The minimum atomic E-state index is -1.30. The van der Waals surface area contributed by atoms with Crippen molar-refractivity contribution in [2.45, 2.75) is 62.9 Å². The first-order valence-corrected chi connectivity index (χ1v) is 12.0. The summed E-state index contributed by atoms with van der Waals surface area (Å²) in [5.74, 6) is -3.74. The Morgan fingerprint density at radius 2 is 1.41 bits per heavy atom. The Kier molecular flexibility index (Phi) is 11.8. The predicted molar refractivity (Wildman–Crippen MR) is 138 cm³/mol. The van der Waals surface area contributed by atoms with Gasteiger partial charge in [-0.1, -0.05) is 0 Å². The molecular formula is C22H35N11O6. The highest BCUT2D eigenvalue weighted by Gasteiger charge is 2.31. The number of carboxylic acids is 1. The van der Waals surface area contributed by atoms with E-state index in [0.29, 0.717) is 11.4 Å². The molecule has 0 fully saturated rings. The average Bonchev–Trinajstić information content (AvgIpc) is 3.58. The molecule has 5 unspecified atom stereocenters. The number of aromatic amines is 2. The maximum Gasteiger partial charge on any atom is 0.326 e. The first-order chi connectivity index (χ1) is 18.5. The van der Waals surface area contributed by atoms with Crippen LogP contribution >= 0.6 is 0 Å². The molecule has 0 saturated carbocycles. The maximum absolute atomic E-state index is 13.3. The second-order valence-corrected chi connectivity index (χ2v) is 8.80. The van der Waals surface area contributed by atoms with Crippen molar-refractivity contribution in [1.82, 2.24) is 35.9 Å². The molecule has 2 aromatic rings. The van der Waals surface area contributed by atoms with Crippen molar-refractivity contribution in [2.75, 3.05) is 6.54 Å². The molecule has 13 N–H and O–H groups in total. The van der Waals surface area contributed by atoms with Gasteiger partial charge in [-0.05, 0) is 19.8 Å². The monoisotopic (exact) mass is 549 g/mol. The number of aliphatic hydroxyl groups excluding tert-OH is 1. The summed E-state index contributed by atoms with van der Waals surface area (Å²) in [6.45, 7) is 1.50. The topological polar surface area (TPSA) is 293 Å². The summed E-state index contributed by atoms with van der Waals surface area (Å²) in [5.41, 5.74) is 17.2. The van der Waals surface area contributed by atoms with E-state index in [1.807, 2.05) is 0 Å². The fourth-order valence-electron chi connectivity index (χ4n) is 3.44. The number of aliphatic carboxylic acids is 1. The van der Waals surface area contributed by atoms with Crippen LogP contribution in [-0.2, 0) is 32.0 Å². The van der Waals surface area contributed by atoms with Crippen LogP contribution in [0.1, 0.15) is 31.2 Å². The van der Waals surface area contributed by atoms with Crippen LogP contribution in [0.4, 0.5) is 0 Å². The van der Waals surface area contributed by atoms with Crippen molar-refractivity contribution in [3.8, 4) is 0 Å². The van der Waals surface area contributed by atoms with Crippen LogP contribution in [0.2, 0.25) is 0 Å². The van der Waals surface area contributed by atoms with Crippen LogP contribution in [0.25, 0.3) is 0 Å². The number of hydrogen-bond donors (Lipinski definition) is 10. The van der Waals surface area contributed by atoms with Crippen LogP contribution in [0, 0.1) is 0 Å². The van der Waals surface area contributed by atoms with Crippen LogP contribution in [0.5, 0.6) is 0 Å². The molecule has 5 atom stereocenters. The van der Waals surface area contributed by atoms with Crippen LogP contribution < -0.4 is 33.2 Å². The number of amides is 3. The minimum Gasteiger partial charge on any atom is -0.480 e. The number of H-pyrrole nitrogens is 2. The number of aliphatic imine (C=N–C) groups is 1. The Morgan fingerprint density at radius 1 is 0.923 bits per heavy atom. The molecule has 0 spiro atoms. The van der Waals surface area contributed by atoms with Crippen molar-refractivity contribution in [3.63, 3.8) is 0 Å². The molecule has 17 heteroatoms. The molecule has 0 saturated heterocycles. The van der Waals surface area contributed by atoms with Gasteiger partial charge in [-0.3, -0.25) is 19.4 Å². The number of guanidine groups is 1. The van der Waals surface area contributed by atoms with Crippen molar-refractivity contribution in [3.05, 3.63) is 36.4 Å². The third-order valence-corrected chi connectivity index (χ3v) is 5.61. The standard InChI is InChI=1S/C22H35N11O6/c1-11(34)17(23)20(37)33-16(6-13-8-27-10-30-13)19(36)32-15(5-12-7-26-9-29-12)18(35)31-14(21(38)39)3-2-4-28-22(24)25/h7-11,14-17,34H,2-6,23H2,1H3,(H,26,29)(H,27,30)(H,31,35)(H,32,36)(H,33,37)(H,38,39)(H4,24,25,28). The molecule has 0 aromatic carbocycles. The van der Waals surface area contributed by atoms with E-state index in [1.54, 1.807) is 0 Å². The number of nitrogens with one attached hydrogen (secondary N) is 5. The molecule has 0 bridgehead atoms. The Balaban J connectivity index is 2.20. The third kappa shape index (κ3) is 10.4. The zero-order chi connectivity index (χ0) is 28.9. The van der Waals surface area contributed by atoms with E-state index in [1.165, 1.54) is 32.0 Å². The molecule has 39 heavy (non-hydrogen) atoms. The predicted octanol–water partition coefficient (Wildman–Crippen LogP) is -3.78. The summed E-state index contributed by atoms with van der Waals surface area (Å²) in [7, 11) is 0. The molecule has 0 aliphatic rings. The van der Waals surface area contributed by atoms with E-state index in [9.17, 15) is 29.4 Å². The molecule has 0 aliphatic carbocycles. The largest absolute Gasteiger partial charge is 0.480 e. The van der Waals surface area contributed by atoms with E-state index >= 15 is 0 Å². The van der Waals surface area contributed by atoms with Gasteiger partial charge >= 0.3 is 5.97 Å². The molecule has 2 aromatic heterocycles. The van der Waals surface area contributed by atoms with Gasteiger partial charge in [-0.15, -0.1) is 0 Å². The first kappa shape index (κ1) is 30.7. The van der Waals surface area contributed by atoms with Crippen molar-refractivity contribution in [2.24, 2.45) is 22.2 Å². The van der Waals surface area contributed by atoms with Gasteiger partial charge in [0, 0.05) is 43.2 Å². The van der Waals surface area contributed by atoms with E-state index < -0.39 is 54.0 Å². The quantitative estimate of drug-likeness (QED) is 0.0550. The van der Waals surface area contributed by atoms with Gasteiger partial charge in [-0.25, -0.2) is 14.8 Å².